The summed E-state index contributed by atoms with van der Waals surface area (Å²) in [6.07, 6.45) is 0. The standard InChI is InChI=1S/C15H19N3O/c1-11(2)16-10-13-6-9-15(18-17-13)19-14-7-4-12(3)5-8-14/h4-9,11,16H,10H2,1-3H3. The van der Waals surface area contributed by atoms with Gasteiger partial charge in [0, 0.05) is 18.7 Å². The van der Waals surface area contributed by atoms with Crippen molar-refractivity contribution in [3.63, 3.8) is 0 Å². The molecule has 0 aliphatic carbocycles. The van der Waals surface area contributed by atoms with Crippen molar-refractivity contribution in [3.8, 4) is 11.6 Å². The van der Waals surface area contributed by atoms with Crippen LogP contribution in [0.2, 0.25) is 0 Å². The monoisotopic (exact) mass is 257 g/mol. The SMILES string of the molecule is Cc1ccc(Oc2ccc(CNC(C)C)nn2)cc1. The van der Waals surface area contributed by atoms with E-state index in [2.05, 4.69) is 29.4 Å². The summed E-state index contributed by atoms with van der Waals surface area (Å²) in [5.74, 6) is 1.28. The van der Waals surface area contributed by atoms with Crippen LogP contribution in [0.4, 0.5) is 0 Å². The van der Waals surface area contributed by atoms with Crippen LogP contribution < -0.4 is 10.1 Å². The highest BCUT2D eigenvalue weighted by atomic mass is 16.5. The topological polar surface area (TPSA) is 47.0 Å². The second kappa shape index (κ2) is 6.29. The molecule has 0 spiro atoms. The van der Waals surface area contributed by atoms with Gasteiger partial charge in [0.15, 0.2) is 0 Å². The van der Waals surface area contributed by atoms with E-state index in [4.69, 9.17) is 4.74 Å². The highest BCUT2D eigenvalue weighted by Crippen LogP contribution is 2.18. The molecule has 0 unspecified atom stereocenters. The average molecular weight is 257 g/mol. The Hall–Kier alpha value is -1.94. The van der Waals surface area contributed by atoms with Gasteiger partial charge >= 0.3 is 0 Å². The molecule has 1 aromatic heterocycles. The predicted octanol–water partition coefficient (Wildman–Crippen LogP) is 3.08. The second-order valence-electron chi connectivity index (χ2n) is 4.81. The molecule has 0 radical (unpaired) electrons. The molecule has 4 heteroatoms. The van der Waals surface area contributed by atoms with Gasteiger partial charge in [-0.05, 0) is 25.1 Å². The smallest absolute Gasteiger partial charge is 0.238 e. The Morgan fingerprint density at radius 1 is 1.05 bits per heavy atom. The molecular formula is C15H19N3O. The Balaban J connectivity index is 1.96. The van der Waals surface area contributed by atoms with E-state index in [1.54, 1.807) is 0 Å². The molecular weight excluding hydrogens is 238 g/mol. The van der Waals surface area contributed by atoms with Crippen LogP contribution in [0.5, 0.6) is 11.6 Å². The molecule has 2 rings (SSSR count). The van der Waals surface area contributed by atoms with Crippen molar-refractivity contribution in [3.05, 3.63) is 47.7 Å². The predicted molar refractivity (Wildman–Crippen MR) is 75.3 cm³/mol. The van der Waals surface area contributed by atoms with Crippen LogP contribution in [-0.2, 0) is 6.54 Å². The van der Waals surface area contributed by atoms with Gasteiger partial charge in [-0.3, -0.25) is 0 Å². The van der Waals surface area contributed by atoms with Gasteiger partial charge in [-0.15, -0.1) is 5.10 Å². The fourth-order valence-corrected chi connectivity index (χ4v) is 1.53. The van der Waals surface area contributed by atoms with Crippen LogP contribution in [0.15, 0.2) is 36.4 Å². The molecule has 0 atom stereocenters. The highest BCUT2D eigenvalue weighted by Gasteiger charge is 2.01. The summed E-state index contributed by atoms with van der Waals surface area (Å²) in [5, 5.41) is 11.5. The van der Waals surface area contributed by atoms with Crippen LogP contribution in [0.25, 0.3) is 0 Å². The number of benzene rings is 1. The van der Waals surface area contributed by atoms with Crippen molar-refractivity contribution in [2.45, 2.75) is 33.4 Å². The van der Waals surface area contributed by atoms with E-state index in [9.17, 15) is 0 Å². The summed E-state index contributed by atoms with van der Waals surface area (Å²) in [5.41, 5.74) is 2.11. The molecule has 2 aromatic rings. The first-order valence-electron chi connectivity index (χ1n) is 6.44. The van der Waals surface area contributed by atoms with Crippen molar-refractivity contribution in [1.29, 1.82) is 0 Å². The molecule has 1 N–H and O–H groups in total. The van der Waals surface area contributed by atoms with Crippen molar-refractivity contribution in [2.24, 2.45) is 0 Å². The van der Waals surface area contributed by atoms with Gasteiger partial charge in [0.1, 0.15) is 5.75 Å². The lowest BCUT2D eigenvalue weighted by molar-refractivity contribution is 0.452. The molecule has 0 saturated heterocycles. The van der Waals surface area contributed by atoms with E-state index in [0.717, 1.165) is 18.0 Å². The molecule has 1 heterocycles. The normalized spacial score (nSPS) is 10.7. The molecule has 0 fully saturated rings. The number of ether oxygens (including phenoxy) is 1. The Labute approximate surface area is 113 Å². The number of rotatable bonds is 5. The molecule has 0 aliphatic heterocycles. The Morgan fingerprint density at radius 2 is 1.79 bits per heavy atom. The molecule has 0 saturated carbocycles. The fraction of sp³-hybridized carbons (Fsp3) is 0.333. The first-order valence-corrected chi connectivity index (χ1v) is 6.44. The molecule has 100 valence electrons. The second-order valence-corrected chi connectivity index (χ2v) is 4.81. The zero-order chi connectivity index (χ0) is 13.7. The first-order chi connectivity index (χ1) is 9.13. The zero-order valence-corrected chi connectivity index (χ0v) is 11.6. The Morgan fingerprint density at radius 3 is 2.37 bits per heavy atom. The van der Waals surface area contributed by atoms with Gasteiger partial charge in [-0.25, -0.2) is 0 Å². The maximum absolute atomic E-state index is 5.62. The third-order valence-electron chi connectivity index (χ3n) is 2.63. The minimum Gasteiger partial charge on any atom is -0.438 e. The molecule has 4 nitrogen and oxygen atoms in total. The number of hydrogen-bond acceptors (Lipinski definition) is 4. The van der Waals surface area contributed by atoms with Gasteiger partial charge in [-0.2, -0.15) is 5.10 Å². The molecule has 19 heavy (non-hydrogen) atoms. The van der Waals surface area contributed by atoms with Gasteiger partial charge < -0.3 is 10.1 Å². The lowest BCUT2D eigenvalue weighted by atomic mass is 10.2. The maximum Gasteiger partial charge on any atom is 0.238 e. The molecule has 1 aromatic carbocycles. The summed E-state index contributed by atoms with van der Waals surface area (Å²) < 4.78 is 5.62. The average Bonchev–Trinajstić information content (AvgIpc) is 2.40. The van der Waals surface area contributed by atoms with Gasteiger partial charge in [0.25, 0.3) is 0 Å². The molecule has 0 amide bonds. The summed E-state index contributed by atoms with van der Waals surface area (Å²) in [6, 6.07) is 12.0. The minimum absolute atomic E-state index is 0.435. The van der Waals surface area contributed by atoms with Crippen molar-refractivity contribution >= 4 is 0 Å². The third-order valence-corrected chi connectivity index (χ3v) is 2.63. The first kappa shape index (κ1) is 13.5. The largest absolute Gasteiger partial charge is 0.438 e. The van der Waals surface area contributed by atoms with Crippen molar-refractivity contribution in [1.82, 2.24) is 15.5 Å². The molecule has 0 aliphatic rings. The van der Waals surface area contributed by atoms with Crippen LogP contribution in [0.1, 0.15) is 25.1 Å². The van der Waals surface area contributed by atoms with E-state index in [1.165, 1.54) is 5.56 Å². The quantitative estimate of drug-likeness (QED) is 0.894. The van der Waals surface area contributed by atoms with E-state index >= 15 is 0 Å². The van der Waals surface area contributed by atoms with Gasteiger partial charge in [0.2, 0.25) is 5.88 Å². The van der Waals surface area contributed by atoms with Crippen LogP contribution in [-0.4, -0.2) is 16.2 Å². The number of aryl methyl sites for hydroxylation is 1. The summed E-state index contributed by atoms with van der Waals surface area (Å²) in [4.78, 5) is 0. The van der Waals surface area contributed by atoms with Crippen molar-refractivity contribution in [2.75, 3.05) is 0 Å². The number of aromatic nitrogens is 2. The van der Waals surface area contributed by atoms with Gasteiger partial charge in [-0.1, -0.05) is 31.5 Å². The zero-order valence-electron chi connectivity index (χ0n) is 11.6. The van der Waals surface area contributed by atoms with E-state index in [1.807, 2.05) is 43.3 Å². The van der Waals surface area contributed by atoms with E-state index in [0.29, 0.717) is 11.9 Å². The van der Waals surface area contributed by atoms with Crippen LogP contribution >= 0.6 is 0 Å². The van der Waals surface area contributed by atoms with Gasteiger partial charge in [0.05, 0.1) is 5.69 Å². The maximum atomic E-state index is 5.62. The van der Waals surface area contributed by atoms with Crippen molar-refractivity contribution < 1.29 is 4.74 Å². The summed E-state index contributed by atoms with van der Waals surface area (Å²) in [7, 11) is 0. The Bertz CT molecular complexity index is 506. The number of hydrogen-bond donors (Lipinski definition) is 1. The van der Waals surface area contributed by atoms with Crippen LogP contribution in [0.3, 0.4) is 0 Å². The Kier molecular flexibility index (Phi) is 4.47. The summed E-state index contributed by atoms with van der Waals surface area (Å²) in [6.45, 7) is 6.96. The van der Waals surface area contributed by atoms with E-state index in [-0.39, 0.29) is 0 Å². The lowest BCUT2D eigenvalue weighted by Gasteiger charge is -2.08. The minimum atomic E-state index is 0.435. The number of nitrogens with one attached hydrogen (secondary N) is 1. The fourth-order valence-electron chi connectivity index (χ4n) is 1.53. The third kappa shape index (κ3) is 4.34. The molecule has 0 bridgehead atoms. The lowest BCUT2D eigenvalue weighted by Crippen LogP contribution is -2.22. The van der Waals surface area contributed by atoms with E-state index < -0.39 is 0 Å². The highest BCUT2D eigenvalue weighted by molar-refractivity contribution is 5.29. The number of nitrogens with zero attached hydrogens (tertiary/aromatic N) is 2. The summed E-state index contributed by atoms with van der Waals surface area (Å²) >= 11 is 0. The van der Waals surface area contributed by atoms with Crippen LogP contribution in [0, 0.1) is 6.92 Å².